The third-order valence-corrected chi connectivity index (χ3v) is 2.66. The van der Waals surface area contributed by atoms with Crippen LogP contribution in [-0.4, -0.2) is 18.9 Å². The molecule has 0 atom stereocenters. The van der Waals surface area contributed by atoms with Crippen molar-refractivity contribution in [2.75, 3.05) is 13.1 Å². The van der Waals surface area contributed by atoms with Gasteiger partial charge in [0.1, 0.15) is 0 Å². The number of hydrogen-bond acceptors (Lipinski definition) is 1. The molecule has 0 aromatic carbocycles. The molecule has 0 saturated carbocycles. The molecule has 0 unspecified atom stereocenters. The van der Waals surface area contributed by atoms with Gasteiger partial charge in [0.2, 0.25) is 0 Å². The van der Waals surface area contributed by atoms with E-state index in [-0.39, 0.29) is 0 Å². The van der Waals surface area contributed by atoms with E-state index in [4.69, 9.17) is 0 Å². The predicted octanol–water partition coefficient (Wildman–Crippen LogP) is 4.16. The molecule has 1 N–H and O–H groups in total. The second kappa shape index (κ2) is 12.5. The van der Waals surface area contributed by atoms with Crippen LogP contribution in [0.3, 0.4) is 0 Å². The Balaban J connectivity index is 3.67. The highest BCUT2D eigenvalue weighted by atomic mass is 15.0. The summed E-state index contributed by atoms with van der Waals surface area (Å²) in [5, 5.41) is 3.48. The molecular formula is C14H30N2. The minimum Gasteiger partial charge on any atom is -0.374 e. The van der Waals surface area contributed by atoms with E-state index in [1.165, 1.54) is 50.8 Å². The summed E-state index contributed by atoms with van der Waals surface area (Å²) in [6.07, 6.45) is 10.0. The van der Waals surface area contributed by atoms with Crippen LogP contribution in [0.1, 0.15) is 72.1 Å². The minimum atomic E-state index is 1.00. The average Bonchev–Trinajstić information content (AvgIpc) is 2.30. The second-order valence-corrected chi connectivity index (χ2v) is 4.42. The van der Waals surface area contributed by atoms with E-state index in [1.54, 1.807) is 0 Å². The summed E-state index contributed by atoms with van der Waals surface area (Å²) in [6.45, 7) is 8.80. The van der Waals surface area contributed by atoms with Crippen LogP contribution in [-0.2, 0) is 0 Å². The molecule has 0 saturated heterocycles. The highest BCUT2D eigenvalue weighted by Crippen LogP contribution is 1.97. The van der Waals surface area contributed by atoms with E-state index in [9.17, 15) is 0 Å². The first-order valence-corrected chi connectivity index (χ1v) is 7.12. The number of unbranched alkanes of at least 4 members (excludes halogenated alkanes) is 4. The van der Waals surface area contributed by atoms with Gasteiger partial charge in [-0.3, -0.25) is 4.99 Å². The molecule has 0 fully saturated rings. The highest BCUT2D eigenvalue weighted by Gasteiger charge is 1.96. The van der Waals surface area contributed by atoms with Crippen LogP contribution in [0.4, 0.5) is 0 Å². The van der Waals surface area contributed by atoms with Crippen LogP contribution in [0.5, 0.6) is 0 Å². The number of nitrogens with one attached hydrogen (secondary N) is 1. The molecule has 0 rings (SSSR count). The lowest BCUT2D eigenvalue weighted by atomic mass is 10.2. The van der Waals surface area contributed by atoms with Gasteiger partial charge in [0, 0.05) is 19.5 Å². The van der Waals surface area contributed by atoms with Gasteiger partial charge in [-0.2, -0.15) is 0 Å². The zero-order valence-corrected chi connectivity index (χ0v) is 11.5. The zero-order valence-electron chi connectivity index (χ0n) is 11.5. The van der Waals surface area contributed by atoms with Gasteiger partial charge < -0.3 is 5.32 Å². The topological polar surface area (TPSA) is 24.4 Å². The lowest BCUT2D eigenvalue weighted by Crippen LogP contribution is -2.24. The summed E-state index contributed by atoms with van der Waals surface area (Å²) in [7, 11) is 0. The number of aliphatic imine (C=N–C) groups is 1. The van der Waals surface area contributed by atoms with E-state index < -0.39 is 0 Å². The third-order valence-electron chi connectivity index (χ3n) is 2.66. The zero-order chi connectivity index (χ0) is 12.1. The van der Waals surface area contributed by atoms with Gasteiger partial charge in [-0.15, -0.1) is 0 Å². The summed E-state index contributed by atoms with van der Waals surface area (Å²) >= 11 is 0. The molecule has 0 aliphatic rings. The fourth-order valence-corrected chi connectivity index (χ4v) is 1.64. The molecule has 0 aromatic heterocycles. The maximum atomic E-state index is 4.65. The number of nitrogens with zero attached hydrogens (tertiary/aromatic N) is 1. The SMILES string of the molecule is CCCCCN=C(CCC)NCCCCC. The first-order valence-electron chi connectivity index (χ1n) is 7.12. The Kier molecular flexibility index (Phi) is 12.1. The van der Waals surface area contributed by atoms with Crippen molar-refractivity contribution in [1.82, 2.24) is 5.32 Å². The molecule has 0 heterocycles. The van der Waals surface area contributed by atoms with Crippen molar-refractivity contribution < 1.29 is 0 Å². The second-order valence-electron chi connectivity index (χ2n) is 4.42. The van der Waals surface area contributed by atoms with E-state index >= 15 is 0 Å². The summed E-state index contributed by atoms with van der Waals surface area (Å²) < 4.78 is 0. The van der Waals surface area contributed by atoms with Crippen molar-refractivity contribution in [3.8, 4) is 0 Å². The minimum absolute atomic E-state index is 1.00. The van der Waals surface area contributed by atoms with E-state index in [1.807, 2.05) is 0 Å². The molecule has 0 radical (unpaired) electrons. The summed E-state index contributed by atoms with van der Waals surface area (Å²) in [5.74, 6) is 1.23. The van der Waals surface area contributed by atoms with Crippen molar-refractivity contribution in [2.24, 2.45) is 4.99 Å². The Labute approximate surface area is 102 Å². The third kappa shape index (κ3) is 10.0. The lowest BCUT2D eigenvalue weighted by molar-refractivity contribution is 0.682. The fraction of sp³-hybridized carbons (Fsp3) is 0.929. The first kappa shape index (κ1) is 15.5. The van der Waals surface area contributed by atoms with Crippen LogP contribution < -0.4 is 5.32 Å². The average molecular weight is 226 g/mol. The summed E-state index contributed by atoms with van der Waals surface area (Å²) in [6, 6.07) is 0. The summed E-state index contributed by atoms with van der Waals surface area (Å²) in [5.41, 5.74) is 0. The Morgan fingerprint density at radius 3 is 2.19 bits per heavy atom. The number of hydrogen-bond donors (Lipinski definition) is 1. The maximum Gasteiger partial charge on any atom is 0.0962 e. The molecule has 0 aliphatic heterocycles. The van der Waals surface area contributed by atoms with Crippen molar-refractivity contribution in [2.45, 2.75) is 72.1 Å². The normalized spacial score (nSPS) is 11.8. The summed E-state index contributed by atoms with van der Waals surface area (Å²) in [4.78, 5) is 4.65. The Morgan fingerprint density at radius 2 is 1.56 bits per heavy atom. The maximum absolute atomic E-state index is 4.65. The van der Waals surface area contributed by atoms with E-state index in [2.05, 4.69) is 31.1 Å². The van der Waals surface area contributed by atoms with Crippen molar-refractivity contribution in [3.63, 3.8) is 0 Å². The molecule has 2 heteroatoms. The quantitative estimate of drug-likeness (QED) is 0.338. The van der Waals surface area contributed by atoms with Crippen molar-refractivity contribution in [3.05, 3.63) is 0 Å². The Bertz CT molecular complexity index is 164. The lowest BCUT2D eigenvalue weighted by Gasteiger charge is -2.09. The predicted molar refractivity (Wildman–Crippen MR) is 74.3 cm³/mol. The van der Waals surface area contributed by atoms with Gasteiger partial charge >= 0.3 is 0 Å². The molecule has 0 amide bonds. The van der Waals surface area contributed by atoms with E-state index in [0.717, 1.165) is 19.5 Å². The molecule has 96 valence electrons. The van der Waals surface area contributed by atoms with Crippen LogP contribution in [0, 0.1) is 0 Å². The number of rotatable bonds is 10. The van der Waals surface area contributed by atoms with Crippen LogP contribution >= 0.6 is 0 Å². The molecule has 0 aromatic rings. The van der Waals surface area contributed by atoms with Gasteiger partial charge in [-0.05, 0) is 19.3 Å². The molecular weight excluding hydrogens is 196 g/mol. The highest BCUT2D eigenvalue weighted by molar-refractivity contribution is 5.82. The Morgan fingerprint density at radius 1 is 0.875 bits per heavy atom. The molecule has 0 aliphatic carbocycles. The van der Waals surface area contributed by atoms with Gasteiger partial charge in [0.15, 0.2) is 0 Å². The first-order chi connectivity index (χ1) is 7.85. The van der Waals surface area contributed by atoms with Gasteiger partial charge in [-0.25, -0.2) is 0 Å². The van der Waals surface area contributed by atoms with Gasteiger partial charge in [-0.1, -0.05) is 46.5 Å². The molecule has 2 nitrogen and oxygen atoms in total. The van der Waals surface area contributed by atoms with Crippen LogP contribution in [0.25, 0.3) is 0 Å². The molecule has 16 heavy (non-hydrogen) atoms. The van der Waals surface area contributed by atoms with Gasteiger partial charge in [0.05, 0.1) is 5.84 Å². The van der Waals surface area contributed by atoms with Crippen LogP contribution in [0.2, 0.25) is 0 Å². The molecule has 0 spiro atoms. The van der Waals surface area contributed by atoms with Crippen LogP contribution in [0.15, 0.2) is 4.99 Å². The monoisotopic (exact) mass is 226 g/mol. The van der Waals surface area contributed by atoms with E-state index in [0.29, 0.717) is 0 Å². The Hall–Kier alpha value is -0.530. The van der Waals surface area contributed by atoms with Crippen molar-refractivity contribution in [1.29, 1.82) is 0 Å². The number of amidine groups is 1. The molecule has 0 bridgehead atoms. The standard InChI is InChI=1S/C14H30N2/c1-4-7-9-12-15-14(11-6-3)16-13-10-8-5-2/h4-13H2,1-3H3,(H,15,16). The fourth-order valence-electron chi connectivity index (χ4n) is 1.64. The van der Waals surface area contributed by atoms with Gasteiger partial charge in [0.25, 0.3) is 0 Å². The van der Waals surface area contributed by atoms with Crippen molar-refractivity contribution >= 4 is 5.84 Å². The largest absolute Gasteiger partial charge is 0.374 e. The smallest absolute Gasteiger partial charge is 0.0962 e.